The largest absolute Gasteiger partial charge is 0.380 e. The predicted octanol–water partition coefficient (Wildman–Crippen LogP) is 1.77. The van der Waals surface area contributed by atoms with Crippen LogP contribution in [0.4, 0.5) is 0 Å². The highest BCUT2D eigenvalue weighted by atomic mass is 35.7. The second kappa shape index (κ2) is 12.8. The van der Waals surface area contributed by atoms with Crippen LogP contribution in [0.3, 0.4) is 0 Å². The maximum Gasteiger partial charge on any atom is 0.232 e. The van der Waals surface area contributed by atoms with Gasteiger partial charge in [0.1, 0.15) is 0 Å². The summed E-state index contributed by atoms with van der Waals surface area (Å²) in [5.41, 5.74) is 0. The highest BCUT2D eigenvalue weighted by Gasteiger charge is 2.08. The van der Waals surface area contributed by atoms with Gasteiger partial charge in [-0.25, -0.2) is 16.8 Å². The summed E-state index contributed by atoms with van der Waals surface area (Å²) in [6, 6.07) is 0. The Balaban J connectivity index is 0. The number of thiol groups is 2. The molecule has 0 unspecified atom stereocenters. The Morgan fingerprint density at radius 1 is 0.789 bits per heavy atom. The van der Waals surface area contributed by atoms with E-state index in [4.69, 9.17) is 26.1 Å². The second-order valence-corrected chi connectivity index (χ2v) is 9.94. The standard InChI is InChI=1S/C4H8Cl2O4S2.C4H10OS2/c5-11(7,8)3-1-2-4-12(6,9)10;6-3-1-5-2-4-7/h1-4H2;6-7H,1-4H2. The van der Waals surface area contributed by atoms with Crippen LogP contribution in [0.2, 0.25) is 0 Å². The van der Waals surface area contributed by atoms with Gasteiger partial charge in [-0.15, -0.1) is 0 Å². The van der Waals surface area contributed by atoms with Crippen molar-refractivity contribution in [1.29, 1.82) is 0 Å². The van der Waals surface area contributed by atoms with Crippen molar-refractivity contribution >= 4 is 64.7 Å². The molecule has 0 N–H and O–H groups in total. The average Bonchev–Trinajstić information content (AvgIpc) is 2.24. The molecule has 0 amide bonds. The number of rotatable bonds is 9. The molecule has 19 heavy (non-hydrogen) atoms. The van der Waals surface area contributed by atoms with E-state index >= 15 is 0 Å². The minimum absolute atomic E-state index is 0.206. The van der Waals surface area contributed by atoms with Gasteiger partial charge in [0.15, 0.2) is 0 Å². The third kappa shape index (κ3) is 28.1. The van der Waals surface area contributed by atoms with Crippen molar-refractivity contribution in [2.45, 2.75) is 12.8 Å². The van der Waals surface area contributed by atoms with Crippen LogP contribution in [-0.2, 0) is 22.8 Å². The Labute approximate surface area is 135 Å². The lowest BCUT2D eigenvalue weighted by molar-refractivity contribution is 0.167. The predicted molar refractivity (Wildman–Crippen MR) is 87.0 cm³/mol. The fraction of sp³-hybridized carbons (Fsp3) is 1.00. The van der Waals surface area contributed by atoms with Crippen LogP contribution in [-0.4, -0.2) is 53.1 Å². The Morgan fingerprint density at radius 3 is 1.32 bits per heavy atom. The van der Waals surface area contributed by atoms with E-state index in [-0.39, 0.29) is 24.3 Å². The lowest BCUT2D eigenvalue weighted by atomic mass is 10.4. The fourth-order valence-electron chi connectivity index (χ4n) is 0.780. The van der Waals surface area contributed by atoms with Gasteiger partial charge in [-0.2, -0.15) is 25.3 Å². The van der Waals surface area contributed by atoms with Crippen molar-refractivity contribution in [2.75, 3.05) is 36.2 Å². The van der Waals surface area contributed by atoms with Crippen molar-refractivity contribution in [2.24, 2.45) is 0 Å². The molecule has 0 saturated carbocycles. The lowest BCUT2D eigenvalue weighted by Crippen LogP contribution is -2.02. The van der Waals surface area contributed by atoms with E-state index in [2.05, 4.69) is 25.3 Å². The molecule has 0 bridgehead atoms. The highest BCUT2D eigenvalue weighted by molar-refractivity contribution is 8.14. The van der Waals surface area contributed by atoms with Gasteiger partial charge in [0.2, 0.25) is 18.1 Å². The van der Waals surface area contributed by atoms with Gasteiger partial charge in [-0.05, 0) is 12.8 Å². The Kier molecular flexibility index (Phi) is 15.2. The van der Waals surface area contributed by atoms with Crippen LogP contribution in [0.5, 0.6) is 0 Å². The maximum absolute atomic E-state index is 10.3. The van der Waals surface area contributed by atoms with Gasteiger partial charge in [0.25, 0.3) is 0 Å². The fourth-order valence-corrected chi connectivity index (χ4v) is 2.79. The van der Waals surface area contributed by atoms with Crippen LogP contribution in [0, 0.1) is 0 Å². The Bertz CT molecular complexity index is 357. The van der Waals surface area contributed by atoms with E-state index in [9.17, 15) is 16.8 Å². The molecular formula is C8H18Cl2O5S4. The van der Waals surface area contributed by atoms with Gasteiger partial charge in [-0.3, -0.25) is 0 Å². The van der Waals surface area contributed by atoms with Gasteiger partial charge >= 0.3 is 0 Å². The molecule has 5 nitrogen and oxygen atoms in total. The van der Waals surface area contributed by atoms with Crippen molar-refractivity contribution < 1.29 is 21.6 Å². The van der Waals surface area contributed by atoms with Gasteiger partial charge in [0.05, 0.1) is 24.7 Å². The van der Waals surface area contributed by atoms with Crippen LogP contribution in [0.1, 0.15) is 12.8 Å². The zero-order valence-electron chi connectivity index (χ0n) is 10.2. The summed E-state index contributed by atoms with van der Waals surface area (Å²) in [4.78, 5) is 0. The van der Waals surface area contributed by atoms with E-state index in [0.717, 1.165) is 24.7 Å². The van der Waals surface area contributed by atoms with E-state index in [1.54, 1.807) is 0 Å². The quantitative estimate of drug-likeness (QED) is 0.355. The third-order valence-corrected chi connectivity index (χ3v) is 4.34. The summed E-state index contributed by atoms with van der Waals surface area (Å²) in [6.07, 6.45) is 0.412. The summed E-state index contributed by atoms with van der Waals surface area (Å²) in [5, 5.41) is 0. The van der Waals surface area contributed by atoms with Crippen LogP contribution in [0.15, 0.2) is 0 Å². The van der Waals surface area contributed by atoms with Crippen LogP contribution < -0.4 is 0 Å². The number of hydrogen-bond acceptors (Lipinski definition) is 7. The van der Waals surface area contributed by atoms with Gasteiger partial charge in [0, 0.05) is 32.9 Å². The molecule has 0 spiro atoms. The molecule has 0 heterocycles. The molecular weight excluding hydrogens is 375 g/mol. The summed E-state index contributed by atoms with van der Waals surface area (Å²) in [6.45, 7) is 1.48. The first-order valence-corrected chi connectivity index (χ1v) is 11.5. The summed E-state index contributed by atoms with van der Waals surface area (Å²) in [5.74, 6) is 1.16. The molecule has 0 aromatic rings. The smallest absolute Gasteiger partial charge is 0.232 e. The SMILES string of the molecule is O=S(=O)(Cl)CCCCS(=O)(=O)Cl.SCCOCCS. The average molecular weight is 393 g/mol. The van der Waals surface area contributed by atoms with Crippen LogP contribution >= 0.6 is 46.6 Å². The molecule has 11 heteroatoms. The maximum atomic E-state index is 10.3. The number of halogens is 2. The first-order valence-electron chi connectivity index (χ1n) is 5.26. The van der Waals surface area contributed by atoms with E-state index < -0.39 is 18.1 Å². The third-order valence-electron chi connectivity index (χ3n) is 1.50. The van der Waals surface area contributed by atoms with Crippen LogP contribution in [0.25, 0.3) is 0 Å². The molecule has 0 fully saturated rings. The first kappa shape index (κ1) is 22.4. The Morgan fingerprint density at radius 2 is 1.11 bits per heavy atom. The molecule has 0 radical (unpaired) electrons. The molecule has 0 atom stereocenters. The number of unbranched alkanes of at least 4 members (excludes halogenated alkanes) is 1. The number of ether oxygens (including phenoxy) is 1. The highest BCUT2D eigenvalue weighted by Crippen LogP contribution is 2.05. The van der Waals surface area contributed by atoms with Crippen molar-refractivity contribution in [3.63, 3.8) is 0 Å². The van der Waals surface area contributed by atoms with Gasteiger partial charge in [-0.1, -0.05) is 0 Å². The molecule has 0 aliphatic rings. The van der Waals surface area contributed by atoms with Gasteiger partial charge < -0.3 is 4.74 Å². The van der Waals surface area contributed by atoms with E-state index in [0.29, 0.717) is 0 Å². The molecule has 0 rings (SSSR count). The van der Waals surface area contributed by atoms with E-state index in [1.807, 2.05) is 0 Å². The normalized spacial score (nSPS) is 11.8. The molecule has 0 aliphatic carbocycles. The number of hydrogen-bond donors (Lipinski definition) is 2. The lowest BCUT2D eigenvalue weighted by Gasteiger charge is -1.95. The molecule has 0 aromatic heterocycles. The second-order valence-electron chi connectivity index (χ2n) is 3.25. The summed E-state index contributed by atoms with van der Waals surface area (Å²) >= 11 is 7.89. The van der Waals surface area contributed by atoms with Crippen molar-refractivity contribution in [3.8, 4) is 0 Å². The van der Waals surface area contributed by atoms with Crippen molar-refractivity contribution in [3.05, 3.63) is 0 Å². The summed E-state index contributed by atoms with van der Waals surface area (Å²) in [7, 11) is 2.73. The molecule has 0 saturated heterocycles. The molecule has 0 aliphatic heterocycles. The summed E-state index contributed by atoms with van der Waals surface area (Å²) < 4.78 is 46.3. The molecule has 0 aromatic carbocycles. The topological polar surface area (TPSA) is 77.5 Å². The monoisotopic (exact) mass is 392 g/mol. The Hall–Kier alpha value is 1.14. The van der Waals surface area contributed by atoms with E-state index in [1.165, 1.54) is 0 Å². The van der Waals surface area contributed by atoms with Crippen molar-refractivity contribution in [1.82, 2.24) is 0 Å². The zero-order valence-corrected chi connectivity index (χ0v) is 15.1. The zero-order chi connectivity index (χ0) is 15.4. The molecule has 118 valence electrons. The minimum Gasteiger partial charge on any atom is -0.380 e. The first-order chi connectivity index (χ1) is 8.62. The minimum atomic E-state index is -3.51.